The number of nitro groups is 1. The fourth-order valence-corrected chi connectivity index (χ4v) is 2.36. The van der Waals surface area contributed by atoms with E-state index in [0.717, 1.165) is 24.9 Å². The molecule has 0 aliphatic carbocycles. The van der Waals surface area contributed by atoms with Gasteiger partial charge in [-0.2, -0.15) is 0 Å². The summed E-state index contributed by atoms with van der Waals surface area (Å²) in [4.78, 5) is 22.6. The average Bonchev–Trinajstić information content (AvgIpc) is 2.45. The topological polar surface area (TPSA) is 72.2 Å². The molecule has 1 N–H and O–H groups in total. The van der Waals surface area contributed by atoms with E-state index in [2.05, 4.69) is 12.2 Å². The minimum atomic E-state index is -0.601. The molecular weight excluding hydrogens is 268 g/mol. The van der Waals surface area contributed by atoms with Crippen LogP contribution in [0.2, 0.25) is 0 Å². The number of unbranched alkanes of at least 4 members (excludes halogenated alkanes) is 1. The minimum Gasteiger partial charge on any atom is -0.326 e. The molecule has 0 bridgehead atoms. The third-order valence-corrected chi connectivity index (χ3v) is 3.53. The Bertz CT molecular complexity index is 448. The van der Waals surface area contributed by atoms with Crippen LogP contribution in [0.25, 0.3) is 0 Å². The molecule has 0 aromatic heterocycles. The molecule has 0 heterocycles. The molecule has 0 aliphatic heterocycles. The molecule has 2 atom stereocenters. The molecule has 0 saturated carbocycles. The first-order chi connectivity index (χ1) is 10.0. The van der Waals surface area contributed by atoms with Crippen LogP contribution in [0.5, 0.6) is 0 Å². The lowest BCUT2D eigenvalue weighted by Gasteiger charge is -2.17. The lowest BCUT2D eigenvalue weighted by Crippen LogP contribution is -2.23. The van der Waals surface area contributed by atoms with Gasteiger partial charge in [0.25, 0.3) is 0 Å². The van der Waals surface area contributed by atoms with Crippen LogP contribution >= 0.6 is 0 Å². The Hall–Kier alpha value is -1.91. The van der Waals surface area contributed by atoms with Crippen molar-refractivity contribution >= 4 is 11.6 Å². The Morgan fingerprint density at radius 1 is 1.33 bits per heavy atom. The molecule has 1 rings (SSSR count). The van der Waals surface area contributed by atoms with Gasteiger partial charge < -0.3 is 5.32 Å². The molecule has 5 heteroatoms. The zero-order valence-corrected chi connectivity index (χ0v) is 12.7. The van der Waals surface area contributed by atoms with Crippen molar-refractivity contribution in [1.82, 2.24) is 0 Å². The molecule has 1 aromatic carbocycles. The molecule has 116 valence electrons. The zero-order chi connectivity index (χ0) is 15.7. The smallest absolute Gasteiger partial charge is 0.224 e. The molecule has 0 fully saturated rings. The van der Waals surface area contributed by atoms with Crippen molar-refractivity contribution in [2.24, 2.45) is 5.92 Å². The molecule has 1 aromatic rings. The lowest BCUT2D eigenvalue weighted by molar-refractivity contribution is -0.520. The van der Waals surface area contributed by atoms with Crippen molar-refractivity contribution in [3.8, 4) is 0 Å². The summed E-state index contributed by atoms with van der Waals surface area (Å²) in [5.41, 5.74) is 0.763. The van der Waals surface area contributed by atoms with Crippen LogP contribution in [0, 0.1) is 16.0 Å². The van der Waals surface area contributed by atoms with Gasteiger partial charge in [-0.1, -0.05) is 38.0 Å². The Kier molecular flexibility index (Phi) is 7.43. The highest BCUT2D eigenvalue weighted by Gasteiger charge is 2.22. The molecule has 5 nitrogen and oxygen atoms in total. The van der Waals surface area contributed by atoms with Gasteiger partial charge in [-0.15, -0.1) is 0 Å². The van der Waals surface area contributed by atoms with Crippen molar-refractivity contribution in [2.45, 2.75) is 52.0 Å². The average molecular weight is 292 g/mol. The molecule has 0 saturated heterocycles. The fraction of sp³-hybridized carbons (Fsp3) is 0.562. The summed E-state index contributed by atoms with van der Waals surface area (Å²) in [7, 11) is 0. The van der Waals surface area contributed by atoms with E-state index in [0.29, 0.717) is 12.8 Å². The third kappa shape index (κ3) is 6.88. The summed E-state index contributed by atoms with van der Waals surface area (Å²) in [6, 6.07) is 8.67. The quantitative estimate of drug-likeness (QED) is 0.554. The van der Waals surface area contributed by atoms with E-state index in [1.165, 1.54) is 0 Å². The third-order valence-electron chi connectivity index (χ3n) is 3.53. The number of hydrogen-bond donors (Lipinski definition) is 1. The van der Waals surface area contributed by atoms with E-state index < -0.39 is 6.04 Å². The van der Waals surface area contributed by atoms with Crippen molar-refractivity contribution in [3.05, 3.63) is 40.4 Å². The molecule has 0 aliphatic rings. The normalized spacial score (nSPS) is 13.4. The molecule has 0 radical (unpaired) electrons. The molecular formula is C16H24N2O3. The van der Waals surface area contributed by atoms with E-state index in [1.54, 1.807) is 6.92 Å². The summed E-state index contributed by atoms with van der Waals surface area (Å²) in [5, 5.41) is 13.6. The number of nitrogens with one attached hydrogen (secondary N) is 1. The number of hydrogen-bond acceptors (Lipinski definition) is 3. The van der Waals surface area contributed by atoms with Crippen molar-refractivity contribution in [3.63, 3.8) is 0 Å². The zero-order valence-electron chi connectivity index (χ0n) is 12.7. The van der Waals surface area contributed by atoms with Crippen LogP contribution in [0.4, 0.5) is 5.69 Å². The first-order valence-electron chi connectivity index (χ1n) is 7.51. The van der Waals surface area contributed by atoms with Gasteiger partial charge in [-0.3, -0.25) is 14.9 Å². The second-order valence-electron chi connectivity index (χ2n) is 5.50. The predicted octanol–water partition coefficient (Wildman–Crippen LogP) is 3.88. The Balaban J connectivity index is 2.54. The number of nitrogens with zero attached hydrogens (tertiary/aromatic N) is 1. The predicted molar refractivity (Wildman–Crippen MR) is 83.8 cm³/mol. The lowest BCUT2D eigenvalue weighted by atomic mass is 9.91. The monoisotopic (exact) mass is 292 g/mol. The van der Waals surface area contributed by atoms with Crippen LogP contribution < -0.4 is 5.32 Å². The minimum absolute atomic E-state index is 0.0639. The van der Waals surface area contributed by atoms with E-state index in [1.807, 2.05) is 30.3 Å². The highest BCUT2D eigenvalue weighted by atomic mass is 16.6. The maximum absolute atomic E-state index is 12.1. The van der Waals surface area contributed by atoms with Gasteiger partial charge in [0, 0.05) is 30.4 Å². The van der Waals surface area contributed by atoms with Gasteiger partial charge >= 0.3 is 0 Å². The van der Waals surface area contributed by atoms with E-state index in [4.69, 9.17) is 0 Å². The Morgan fingerprint density at radius 3 is 2.57 bits per heavy atom. The fourth-order valence-electron chi connectivity index (χ4n) is 2.36. The first-order valence-corrected chi connectivity index (χ1v) is 7.51. The van der Waals surface area contributed by atoms with E-state index in [9.17, 15) is 14.9 Å². The summed E-state index contributed by atoms with van der Waals surface area (Å²) >= 11 is 0. The molecule has 2 unspecified atom stereocenters. The van der Waals surface area contributed by atoms with Crippen LogP contribution in [0.1, 0.15) is 46.0 Å². The number of benzene rings is 1. The Labute approximate surface area is 125 Å². The number of amides is 1. The highest BCUT2D eigenvalue weighted by molar-refractivity contribution is 5.90. The van der Waals surface area contributed by atoms with Gasteiger partial charge in [-0.05, 0) is 24.5 Å². The van der Waals surface area contributed by atoms with Gasteiger partial charge in [0.15, 0.2) is 0 Å². The van der Waals surface area contributed by atoms with Crippen LogP contribution in [0.15, 0.2) is 30.3 Å². The highest BCUT2D eigenvalue weighted by Crippen LogP contribution is 2.21. The molecule has 21 heavy (non-hydrogen) atoms. The van der Waals surface area contributed by atoms with Crippen molar-refractivity contribution < 1.29 is 9.72 Å². The van der Waals surface area contributed by atoms with Crippen molar-refractivity contribution in [2.75, 3.05) is 5.32 Å². The summed E-state index contributed by atoms with van der Waals surface area (Å²) < 4.78 is 0. The van der Waals surface area contributed by atoms with E-state index >= 15 is 0 Å². The molecule has 1 amide bonds. The van der Waals surface area contributed by atoms with Crippen LogP contribution in [-0.2, 0) is 4.79 Å². The van der Waals surface area contributed by atoms with Gasteiger partial charge in [0.1, 0.15) is 0 Å². The van der Waals surface area contributed by atoms with Crippen LogP contribution in [-0.4, -0.2) is 16.9 Å². The number of carbonyl (C=O) groups is 1. The summed E-state index contributed by atoms with van der Waals surface area (Å²) in [6.07, 6.45) is 3.68. The van der Waals surface area contributed by atoms with Gasteiger partial charge in [-0.25, -0.2) is 0 Å². The van der Waals surface area contributed by atoms with Gasteiger partial charge in [0.05, 0.1) is 0 Å². The van der Waals surface area contributed by atoms with Crippen molar-refractivity contribution in [1.29, 1.82) is 0 Å². The summed E-state index contributed by atoms with van der Waals surface area (Å²) in [6.45, 7) is 3.69. The number of rotatable bonds is 9. The largest absolute Gasteiger partial charge is 0.326 e. The number of anilines is 1. The second kappa shape index (κ2) is 9.10. The SMILES string of the molecule is CCCCC(CC(=O)Nc1ccccc1)CC(C)[N+](=O)[O-]. The number of carbonyl (C=O) groups excluding carboxylic acids is 1. The first kappa shape index (κ1) is 17.1. The van der Waals surface area contributed by atoms with Crippen LogP contribution in [0.3, 0.4) is 0 Å². The van der Waals surface area contributed by atoms with Gasteiger partial charge in [0.2, 0.25) is 11.9 Å². The van der Waals surface area contributed by atoms with E-state index in [-0.39, 0.29) is 16.7 Å². The Morgan fingerprint density at radius 2 is 2.00 bits per heavy atom. The summed E-state index contributed by atoms with van der Waals surface area (Å²) in [5.74, 6) is -0.00749. The maximum atomic E-state index is 12.1. The second-order valence-corrected chi connectivity index (χ2v) is 5.50. The molecule has 0 spiro atoms. The number of para-hydroxylation sites is 1. The standard InChI is InChI=1S/C16H24N2O3/c1-3-4-8-14(11-13(2)18(20)21)12-16(19)17-15-9-6-5-7-10-15/h5-7,9-10,13-14H,3-4,8,11-12H2,1-2H3,(H,17,19). The maximum Gasteiger partial charge on any atom is 0.224 e.